The molecule has 9 heteroatoms. The van der Waals surface area contributed by atoms with E-state index in [-0.39, 0.29) is 38.8 Å². The third-order valence-corrected chi connectivity index (χ3v) is 10.2. The maximum atomic E-state index is 13.9. The summed E-state index contributed by atoms with van der Waals surface area (Å²) in [5, 5.41) is 0. The van der Waals surface area contributed by atoms with Gasteiger partial charge in [-0.1, -0.05) is 45.9 Å². The summed E-state index contributed by atoms with van der Waals surface area (Å²) < 4.78 is 37.9. The summed E-state index contributed by atoms with van der Waals surface area (Å²) in [6, 6.07) is 11.5. The summed E-state index contributed by atoms with van der Waals surface area (Å²) in [5.41, 5.74) is 3.63. The highest BCUT2D eigenvalue weighted by atomic mass is 127. The SMILES string of the molecule is CCN1C2=C(C(=O)CC(C)(C)C2)C(c2cc(I)c(OS(=O)(=O)c3ccccc3)c(OC)c2)C2=C1CC(C)(C)CC2=O. The molecule has 3 aliphatic rings. The molecular weight excluding hydrogens is 653 g/mol. The first-order valence-corrected chi connectivity index (χ1v) is 16.3. The first-order valence-electron chi connectivity index (χ1n) is 13.8. The molecule has 2 aromatic rings. The molecule has 5 rings (SSSR count). The van der Waals surface area contributed by atoms with Gasteiger partial charge in [-0.3, -0.25) is 9.59 Å². The Hall–Kier alpha value is -2.66. The molecule has 0 amide bonds. The molecule has 0 saturated carbocycles. The first-order chi connectivity index (χ1) is 19.2. The minimum absolute atomic E-state index is 0.0318. The predicted octanol–water partition coefficient (Wildman–Crippen LogP) is 6.77. The van der Waals surface area contributed by atoms with Crippen LogP contribution in [0.15, 0.2) is 69.9 Å². The van der Waals surface area contributed by atoms with Crippen molar-refractivity contribution in [1.29, 1.82) is 0 Å². The van der Waals surface area contributed by atoms with E-state index in [9.17, 15) is 18.0 Å². The zero-order valence-corrected chi connectivity index (χ0v) is 27.3. The van der Waals surface area contributed by atoms with Gasteiger partial charge in [0, 0.05) is 47.8 Å². The number of hydrogen-bond donors (Lipinski definition) is 0. The topological polar surface area (TPSA) is 90.0 Å². The maximum absolute atomic E-state index is 13.9. The van der Waals surface area contributed by atoms with E-state index < -0.39 is 16.0 Å². The van der Waals surface area contributed by atoms with Crippen LogP contribution in [0.1, 0.15) is 71.8 Å². The van der Waals surface area contributed by atoms with Crippen molar-refractivity contribution in [1.82, 2.24) is 4.90 Å². The van der Waals surface area contributed by atoms with Crippen molar-refractivity contribution in [3.8, 4) is 11.5 Å². The molecule has 0 N–H and O–H groups in total. The largest absolute Gasteiger partial charge is 0.493 e. The number of carbonyl (C=O) groups is 2. The number of ether oxygens (including phenoxy) is 1. The van der Waals surface area contributed by atoms with E-state index in [4.69, 9.17) is 8.92 Å². The van der Waals surface area contributed by atoms with Gasteiger partial charge in [0.15, 0.2) is 23.1 Å². The zero-order chi connectivity index (χ0) is 29.9. The Labute approximate surface area is 256 Å². The van der Waals surface area contributed by atoms with Gasteiger partial charge in [0.2, 0.25) is 0 Å². The van der Waals surface area contributed by atoms with Crippen molar-refractivity contribution in [3.63, 3.8) is 0 Å². The van der Waals surface area contributed by atoms with E-state index in [1.54, 1.807) is 24.3 Å². The number of rotatable bonds is 6. The Balaban J connectivity index is 1.70. The summed E-state index contributed by atoms with van der Waals surface area (Å²) in [4.78, 5) is 30.0. The lowest BCUT2D eigenvalue weighted by Gasteiger charge is -2.49. The summed E-state index contributed by atoms with van der Waals surface area (Å²) in [6.45, 7) is 11.2. The third-order valence-electron chi connectivity index (χ3n) is 8.15. The zero-order valence-electron chi connectivity index (χ0n) is 24.3. The first kappa shape index (κ1) is 29.8. The number of allylic oxidation sites excluding steroid dienone is 4. The molecule has 0 saturated heterocycles. The second-order valence-electron chi connectivity index (χ2n) is 12.7. The van der Waals surface area contributed by atoms with Crippen LogP contribution in [0.5, 0.6) is 11.5 Å². The van der Waals surface area contributed by atoms with E-state index in [1.807, 2.05) is 28.7 Å². The van der Waals surface area contributed by atoms with E-state index in [0.29, 0.717) is 39.7 Å². The van der Waals surface area contributed by atoms with Crippen molar-refractivity contribution in [2.45, 2.75) is 71.1 Å². The van der Waals surface area contributed by atoms with Gasteiger partial charge >= 0.3 is 10.1 Å². The average molecular weight is 690 g/mol. The summed E-state index contributed by atoms with van der Waals surface area (Å²) >= 11 is 2.04. The summed E-state index contributed by atoms with van der Waals surface area (Å²) in [5.74, 6) is -0.171. The number of halogens is 1. The van der Waals surface area contributed by atoms with Gasteiger partial charge < -0.3 is 13.8 Å². The van der Waals surface area contributed by atoms with Crippen molar-refractivity contribution in [2.24, 2.45) is 10.8 Å². The molecule has 41 heavy (non-hydrogen) atoms. The fraction of sp³-hybridized carbons (Fsp3) is 0.438. The van der Waals surface area contributed by atoms with Crippen molar-refractivity contribution in [2.75, 3.05) is 13.7 Å². The van der Waals surface area contributed by atoms with Gasteiger partial charge in [0.1, 0.15) is 4.90 Å². The van der Waals surface area contributed by atoms with Crippen LogP contribution < -0.4 is 8.92 Å². The molecule has 7 nitrogen and oxygen atoms in total. The Morgan fingerprint density at radius 2 is 1.44 bits per heavy atom. The van der Waals surface area contributed by atoms with Crippen LogP contribution in [0.2, 0.25) is 0 Å². The monoisotopic (exact) mass is 689 g/mol. The summed E-state index contributed by atoms with van der Waals surface area (Å²) in [7, 11) is -2.66. The van der Waals surface area contributed by atoms with E-state index in [0.717, 1.165) is 24.2 Å². The molecule has 0 unspecified atom stereocenters. The number of methoxy groups -OCH3 is 1. The molecule has 0 fully saturated rings. The molecule has 1 aliphatic heterocycles. The average Bonchev–Trinajstić information content (AvgIpc) is 2.87. The lowest BCUT2D eigenvalue weighted by molar-refractivity contribution is -0.119. The minimum Gasteiger partial charge on any atom is -0.493 e. The molecule has 0 bridgehead atoms. The van der Waals surface area contributed by atoms with Gasteiger partial charge in [0.25, 0.3) is 0 Å². The highest BCUT2D eigenvalue weighted by Crippen LogP contribution is 2.55. The van der Waals surface area contributed by atoms with Crippen LogP contribution in [0.25, 0.3) is 0 Å². The molecular formula is C32H36INO6S. The Bertz CT molecular complexity index is 1550. The lowest BCUT2D eigenvalue weighted by atomic mass is 9.63. The van der Waals surface area contributed by atoms with Crippen molar-refractivity contribution in [3.05, 3.63) is 74.1 Å². The quantitative estimate of drug-likeness (QED) is 0.244. The number of carbonyl (C=O) groups excluding carboxylic acids is 2. The van der Waals surface area contributed by atoms with Gasteiger partial charge in [-0.15, -0.1) is 0 Å². The van der Waals surface area contributed by atoms with Gasteiger partial charge in [-0.2, -0.15) is 8.42 Å². The molecule has 0 spiro atoms. The van der Waals surface area contributed by atoms with Crippen LogP contribution in [0.3, 0.4) is 0 Å². The number of Topliss-reactive ketones (excluding diaryl/α,β-unsaturated/α-hetero) is 2. The highest BCUT2D eigenvalue weighted by Gasteiger charge is 2.49. The fourth-order valence-corrected chi connectivity index (χ4v) is 8.36. The molecule has 2 aromatic carbocycles. The normalized spacial score (nSPS) is 20.6. The van der Waals surface area contributed by atoms with Gasteiger partial charge in [-0.05, 0) is 83.0 Å². The van der Waals surface area contributed by atoms with Crippen molar-refractivity contribution >= 4 is 44.3 Å². The second kappa shape index (κ2) is 10.6. The predicted molar refractivity (Wildman–Crippen MR) is 165 cm³/mol. The minimum atomic E-state index is -4.12. The lowest BCUT2D eigenvalue weighted by Crippen LogP contribution is -2.44. The Morgan fingerprint density at radius 3 is 1.93 bits per heavy atom. The Kier molecular flexibility index (Phi) is 7.68. The maximum Gasteiger partial charge on any atom is 0.339 e. The van der Waals surface area contributed by atoms with E-state index in [1.165, 1.54) is 19.2 Å². The van der Waals surface area contributed by atoms with E-state index in [2.05, 4.69) is 39.5 Å². The smallest absolute Gasteiger partial charge is 0.339 e. The van der Waals surface area contributed by atoms with Gasteiger partial charge in [0.05, 0.1) is 10.7 Å². The molecule has 1 heterocycles. The number of hydrogen-bond acceptors (Lipinski definition) is 7. The standard InChI is InChI=1S/C32H36INO6S/c1-7-34-22-15-31(2,3)17-24(35)28(22)27(29-23(34)16-32(4,5)18-25(29)36)19-13-21(33)30(26(14-19)39-6)40-41(37,38)20-11-9-8-10-12-20/h8-14,27H,7,15-18H2,1-6H3. The van der Waals surface area contributed by atoms with E-state index >= 15 is 0 Å². The molecule has 218 valence electrons. The fourth-order valence-electron chi connectivity index (χ4n) is 6.50. The van der Waals surface area contributed by atoms with Gasteiger partial charge in [-0.25, -0.2) is 0 Å². The number of nitrogens with zero attached hydrogens (tertiary/aromatic N) is 1. The molecule has 2 aliphatic carbocycles. The Morgan fingerprint density at radius 1 is 0.902 bits per heavy atom. The molecule has 0 aromatic heterocycles. The third kappa shape index (κ3) is 5.47. The van der Waals surface area contributed by atoms with Crippen LogP contribution in [-0.4, -0.2) is 38.5 Å². The van der Waals surface area contributed by atoms with Crippen LogP contribution in [-0.2, 0) is 19.7 Å². The molecule has 0 radical (unpaired) electrons. The van der Waals surface area contributed by atoms with Crippen LogP contribution >= 0.6 is 22.6 Å². The van der Waals surface area contributed by atoms with Crippen LogP contribution in [0.4, 0.5) is 0 Å². The second-order valence-corrected chi connectivity index (χ2v) is 15.4. The number of ketones is 2. The van der Waals surface area contributed by atoms with Crippen molar-refractivity contribution < 1.29 is 26.9 Å². The summed E-state index contributed by atoms with van der Waals surface area (Å²) in [6.07, 6.45) is 2.25. The number of benzene rings is 2. The molecule has 0 atom stereocenters. The van der Waals surface area contributed by atoms with Crippen LogP contribution in [0, 0.1) is 14.4 Å². The highest BCUT2D eigenvalue weighted by molar-refractivity contribution is 14.1.